The van der Waals surface area contributed by atoms with Crippen LogP contribution in [0.3, 0.4) is 0 Å². The van der Waals surface area contributed by atoms with Crippen LogP contribution in [-0.2, 0) is 19.5 Å². The standard InChI is InChI=1S/C17H32N6O.HI/c1-3-7-14(9-11-24)12-19-17(18-4-2)20-13-16-22-21-15-8-5-6-10-23(15)16;/h14,24H,3-13H2,1-2H3,(H2,18,19,20);1H. The molecule has 0 aliphatic carbocycles. The minimum Gasteiger partial charge on any atom is -0.396 e. The molecule has 1 atom stereocenters. The van der Waals surface area contributed by atoms with E-state index < -0.39 is 0 Å². The van der Waals surface area contributed by atoms with Gasteiger partial charge in [-0.15, -0.1) is 34.2 Å². The second-order valence-corrected chi connectivity index (χ2v) is 6.38. The molecule has 0 aromatic carbocycles. The van der Waals surface area contributed by atoms with Gasteiger partial charge in [-0.05, 0) is 38.5 Å². The summed E-state index contributed by atoms with van der Waals surface area (Å²) >= 11 is 0. The van der Waals surface area contributed by atoms with Crippen LogP contribution in [0.1, 0.15) is 57.6 Å². The monoisotopic (exact) mass is 464 g/mol. The number of aryl methyl sites for hydroxylation is 1. The van der Waals surface area contributed by atoms with Crippen molar-refractivity contribution in [1.82, 2.24) is 25.4 Å². The van der Waals surface area contributed by atoms with Crippen LogP contribution in [0.2, 0.25) is 0 Å². The Bertz CT molecular complexity index is 513. The number of fused-ring (bicyclic) bond motifs is 1. The van der Waals surface area contributed by atoms with Crippen LogP contribution >= 0.6 is 24.0 Å². The third-order valence-electron chi connectivity index (χ3n) is 4.45. The predicted molar refractivity (Wildman–Crippen MR) is 111 cm³/mol. The number of nitrogens with one attached hydrogen (secondary N) is 2. The van der Waals surface area contributed by atoms with Gasteiger partial charge in [0.2, 0.25) is 0 Å². The molecule has 1 aromatic rings. The minimum absolute atomic E-state index is 0. The summed E-state index contributed by atoms with van der Waals surface area (Å²) in [6.45, 7) is 7.69. The molecule has 1 aliphatic heterocycles. The van der Waals surface area contributed by atoms with Gasteiger partial charge in [-0.25, -0.2) is 4.99 Å². The Morgan fingerprint density at radius 3 is 2.80 bits per heavy atom. The highest BCUT2D eigenvalue weighted by Crippen LogP contribution is 2.14. The number of guanidine groups is 1. The Morgan fingerprint density at radius 1 is 1.24 bits per heavy atom. The maximum atomic E-state index is 9.18. The summed E-state index contributed by atoms with van der Waals surface area (Å²) in [6.07, 6.45) is 6.50. The van der Waals surface area contributed by atoms with Crippen molar-refractivity contribution in [2.45, 2.75) is 65.5 Å². The van der Waals surface area contributed by atoms with E-state index in [0.717, 1.165) is 62.9 Å². The van der Waals surface area contributed by atoms with E-state index in [4.69, 9.17) is 0 Å². The van der Waals surface area contributed by atoms with E-state index >= 15 is 0 Å². The van der Waals surface area contributed by atoms with Crippen molar-refractivity contribution in [3.63, 3.8) is 0 Å². The zero-order valence-corrected chi connectivity index (χ0v) is 17.8. The lowest BCUT2D eigenvalue weighted by Crippen LogP contribution is -2.40. The van der Waals surface area contributed by atoms with E-state index in [2.05, 4.69) is 44.2 Å². The highest BCUT2D eigenvalue weighted by Gasteiger charge is 2.15. The molecule has 0 saturated carbocycles. The van der Waals surface area contributed by atoms with Gasteiger partial charge in [-0.1, -0.05) is 13.3 Å². The van der Waals surface area contributed by atoms with Gasteiger partial charge in [0, 0.05) is 32.7 Å². The Hall–Kier alpha value is -0.900. The zero-order valence-electron chi connectivity index (χ0n) is 15.5. The normalized spacial score (nSPS) is 15.2. The number of rotatable bonds is 9. The third-order valence-corrected chi connectivity index (χ3v) is 4.45. The Balaban J connectivity index is 0.00000312. The molecule has 0 bridgehead atoms. The first kappa shape index (κ1) is 22.1. The Labute approximate surface area is 168 Å². The van der Waals surface area contributed by atoms with E-state index in [0.29, 0.717) is 12.5 Å². The van der Waals surface area contributed by atoms with Crippen LogP contribution in [0.15, 0.2) is 4.99 Å². The molecule has 1 aliphatic rings. The van der Waals surface area contributed by atoms with Crippen molar-refractivity contribution in [2.24, 2.45) is 10.9 Å². The van der Waals surface area contributed by atoms with Crippen molar-refractivity contribution >= 4 is 29.9 Å². The smallest absolute Gasteiger partial charge is 0.191 e. The van der Waals surface area contributed by atoms with Crippen LogP contribution in [0.5, 0.6) is 0 Å². The highest BCUT2D eigenvalue weighted by molar-refractivity contribution is 14.0. The van der Waals surface area contributed by atoms with Crippen molar-refractivity contribution in [3.05, 3.63) is 11.6 Å². The average Bonchev–Trinajstić information content (AvgIpc) is 3.01. The fraction of sp³-hybridized carbons (Fsp3) is 0.824. The first-order valence-corrected chi connectivity index (χ1v) is 9.32. The molecule has 0 spiro atoms. The van der Waals surface area contributed by atoms with Gasteiger partial charge < -0.3 is 20.3 Å². The van der Waals surface area contributed by atoms with Crippen LogP contribution in [0.4, 0.5) is 0 Å². The van der Waals surface area contributed by atoms with Gasteiger partial charge in [0.25, 0.3) is 0 Å². The quantitative estimate of drug-likeness (QED) is 0.296. The van der Waals surface area contributed by atoms with Gasteiger partial charge in [0.05, 0.1) is 0 Å². The molecule has 144 valence electrons. The summed E-state index contributed by atoms with van der Waals surface area (Å²) in [5, 5.41) is 24.4. The minimum atomic E-state index is 0. The first-order valence-electron chi connectivity index (χ1n) is 9.32. The molecular formula is C17H33IN6O. The zero-order chi connectivity index (χ0) is 17.2. The van der Waals surface area contributed by atoms with Crippen LogP contribution in [0.25, 0.3) is 0 Å². The summed E-state index contributed by atoms with van der Waals surface area (Å²) in [6, 6.07) is 0. The molecule has 0 amide bonds. The second kappa shape index (κ2) is 12.5. The molecule has 2 rings (SSSR count). The number of hydrogen-bond donors (Lipinski definition) is 3. The van der Waals surface area contributed by atoms with E-state index in [9.17, 15) is 5.11 Å². The fourth-order valence-electron chi connectivity index (χ4n) is 3.16. The molecule has 2 heterocycles. The number of aromatic nitrogens is 3. The molecule has 25 heavy (non-hydrogen) atoms. The second-order valence-electron chi connectivity index (χ2n) is 6.38. The number of aliphatic imine (C=N–C) groups is 1. The average molecular weight is 464 g/mol. The lowest BCUT2D eigenvalue weighted by molar-refractivity contribution is 0.251. The maximum absolute atomic E-state index is 9.18. The summed E-state index contributed by atoms with van der Waals surface area (Å²) in [7, 11) is 0. The molecule has 0 saturated heterocycles. The lowest BCUT2D eigenvalue weighted by atomic mass is 10.0. The molecule has 1 unspecified atom stereocenters. The number of hydrogen-bond acceptors (Lipinski definition) is 4. The molecule has 8 heteroatoms. The molecule has 7 nitrogen and oxygen atoms in total. The van der Waals surface area contributed by atoms with Crippen LogP contribution in [-0.4, -0.2) is 45.5 Å². The summed E-state index contributed by atoms with van der Waals surface area (Å²) < 4.78 is 2.21. The lowest BCUT2D eigenvalue weighted by Gasteiger charge is -2.18. The molecule has 0 fully saturated rings. The first-order chi connectivity index (χ1) is 11.8. The van der Waals surface area contributed by atoms with E-state index in [1.54, 1.807) is 0 Å². The predicted octanol–water partition coefficient (Wildman–Crippen LogP) is 2.09. The van der Waals surface area contributed by atoms with E-state index in [1.165, 1.54) is 12.8 Å². The third kappa shape index (κ3) is 7.08. The fourth-order valence-corrected chi connectivity index (χ4v) is 3.16. The summed E-state index contributed by atoms with van der Waals surface area (Å²) in [5.74, 6) is 3.33. The van der Waals surface area contributed by atoms with Gasteiger partial charge in [-0.3, -0.25) is 0 Å². The van der Waals surface area contributed by atoms with Crippen molar-refractivity contribution < 1.29 is 5.11 Å². The van der Waals surface area contributed by atoms with Gasteiger partial charge in [0.1, 0.15) is 12.4 Å². The summed E-state index contributed by atoms with van der Waals surface area (Å²) in [5.41, 5.74) is 0. The Morgan fingerprint density at radius 2 is 2.08 bits per heavy atom. The van der Waals surface area contributed by atoms with Crippen molar-refractivity contribution in [3.8, 4) is 0 Å². The molecule has 0 radical (unpaired) electrons. The largest absolute Gasteiger partial charge is 0.396 e. The molecule has 3 N–H and O–H groups in total. The number of aliphatic hydroxyl groups is 1. The number of halogens is 1. The van der Waals surface area contributed by atoms with E-state index in [-0.39, 0.29) is 30.6 Å². The van der Waals surface area contributed by atoms with E-state index in [1.807, 2.05) is 0 Å². The van der Waals surface area contributed by atoms with Gasteiger partial charge in [-0.2, -0.15) is 0 Å². The van der Waals surface area contributed by atoms with Gasteiger partial charge in [0.15, 0.2) is 11.8 Å². The number of nitrogens with zero attached hydrogens (tertiary/aromatic N) is 4. The van der Waals surface area contributed by atoms with Crippen LogP contribution < -0.4 is 10.6 Å². The molecular weight excluding hydrogens is 431 g/mol. The SMILES string of the molecule is CCCC(CCO)CNC(=NCc1nnc2n1CCCC2)NCC.I. The molecule has 1 aromatic heterocycles. The van der Waals surface area contributed by atoms with Crippen molar-refractivity contribution in [1.29, 1.82) is 0 Å². The van der Waals surface area contributed by atoms with Gasteiger partial charge >= 0.3 is 0 Å². The van der Waals surface area contributed by atoms with Crippen molar-refractivity contribution in [2.75, 3.05) is 19.7 Å². The summed E-state index contributed by atoms with van der Waals surface area (Å²) in [4.78, 5) is 4.66. The highest BCUT2D eigenvalue weighted by atomic mass is 127. The number of aliphatic hydroxyl groups excluding tert-OH is 1. The Kier molecular flexibility index (Phi) is 11.0. The maximum Gasteiger partial charge on any atom is 0.191 e. The van der Waals surface area contributed by atoms with Crippen LogP contribution in [0, 0.1) is 5.92 Å². The topological polar surface area (TPSA) is 87.4 Å².